The van der Waals surface area contributed by atoms with Crippen molar-refractivity contribution in [2.24, 2.45) is 0 Å². The first-order valence-corrected chi connectivity index (χ1v) is 3.43. The Morgan fingerprint density at radius 3 is 2.45 bits per heavy atom. The molecule has 1 unspecified atom stereocenters. The molecule has 1 fully saturated rings. The Balaban J connectivity index is 2.46. The summed E-state index contributed by atoms with van der Waals surface area (Å²) in [6.07, 6.45) is -4.51. The summed E-state index contributed by atoms with van der Waals surface area (Å²) >= 11 is 0. The SMILES string of the molecule is CC1CN(C(F)(F)F)CCO1. The molecule has 66 valence electrons. The summed E-state index contributed by atoms with van der Waals surface area (Å²) in [6.45, 7) is 1.70. The Bertz CT molecular complexity index is 136. The minimum Gasteiger partial charge on any atom is -0.376 e. The molecular formula is C6H10F3NO. The maximum absolute atomic E-state index is 12.0. The summed E-state index contributed by atoms with van der Waals surface area (Å²) < 4.78 is 40.9. The molecule has 0 amide bonds. The molecule has 0 aromatic heterocycles. The summed E-state index contributed by atoms with van der Waals surface area (Å²) in [7, 11) is 0. The number of nitrogens with zero attached hydrogens (tertiary/aromatic N) is 1. The fourth-order valence-corrected chi connectivity index (χ4v) is 1.05. The molecule has 1 saturated heterocycles. The van der Waals surface area contributed by atoms with E-state index in [0.29, 0.717) is 4.90 Å². The Kier molecular flexibility index (Phi) is 2.39. The molecule has 2 nitrogen and oxygen atoms in total. The van der Waals surface area contributed by atoms with E-state index in [0.717, 1.165) is 0 Å². The fraction of sp³-hybridized carbons (Fsp3) is 1.00. The first kappa shape index (κ1) is 8.80. The minimum atomic E-state index is -4.20. The third-order valence-corrected chi connectivity index (χ3v) is 1.60. The van der Waals surface area contributed by atoms with Crippen molar-refractivity contribution >= 4 is 0 Å². The van der Waals surface area contributed by atoms with Crippen molar-refractivity contribution in [3.8, 4) is 0 Å². The summed E-state index contributed by atoms with van der Waals surface area (Å²) in [5, 5.41) is 0. The monoisotopic (exact) mass is 169 g/mol. The summed E-state index contributed by atoms with van der Waals surface area (Å²) in [5.41, 5.74) is 0. The molecular weight excluding hydrogens is 159 g/mol. The van der Waals surface area contributed by atoms with E-state index >= 15 is 0 Å². The Hall–Kier alpha value is -0.290. The van der Waals surface area contributed by atoms with Crippen molar-refractivity contribution in [2.75, 3.05) is 19.7 Å². The van der Waals surface area contributed by atoms with Crippen LogP contribution in [0.2, 0.25) is 0 Å². The number of alkyl halides is 3. The average Bonchev–Trinajstić information content (AvgIpc) is 1.86. The van der Waals surface area contributed by atoms with Crippen LogP contribution >= 0.6 is 0 Å². The molecule has 0 spiro atoms. The number of ether oxygens (including phenoxy) is 1. The standard InChI is InChI=1S/C6H10F3NO/c1-5-4-10(2-3-11-5)6(7,8)9/h5H,2-4H2,1H3. The van der Waals surface area contributed by atoms with Gasteiger partial charge in [-0.2, -0.15) is 13.2 Å². The molecule has 1 heterocycles. The zero-order chi connectivity index (χ0) is 8.48. The van der Waals surface area contributed by atoms with Crippen LogP contribution in [0.1, 0.15) is 6.92 Å². The van der Waals surface area contributed by atoms with Gasteiger partial charge in [-0.25, -0.2) is 4.90 Å². The maximum atomic E-state index is 12.0. The molecule has 1 rings (SSSR count). The zero-order valence-electron chi connectivity index (χ0n) is 6.19. The molecule has 1 aliphatic heterocycles. The second-order valence-corrected chi connectivity index (χ2v) is 2.60. The van der Waals surface area contributed by atoms with Gasteiger partial charge >= 0.3 is 6.30 Å². The van der Waals surface area contributed by atoms with Gasteiger partial charge in [0.15, 0.2) is 0 Å². The van der Waals surface area contributed by atoms with Crippen molar-refractivity contribution in [1.29, 1.82) is 0 Å². The second-order valence-electron chi connectivity index (χ2n) is 2.60. The smallest absolute Gasteiger partial charge is 0.376 e. The number of hydrogen-bond donors (Lipinski definition) is 0. The molecule has 5 heteroatoms. The van der Waals surface area contributed by atoms with E-state index < -0.39 is 6.30 Å². The quantitative estimate of drug-likeness (QED) is 0.505. The van der Waals surface area contributed by atoms with Gasteiger partial charge in [0.25, 0.3) is 0 Å². The fourth-order valence-electron chi connectivity index (χ4n) is 1.05. The van der Waals surface area contributed by atoms with E-state index in [4.69, 9.17) is 4.74 Å². The van der Waals surface area contributed by atoms with E-state index in [9.17, 15) is 13.2 Å². The van der Waals surface area contributed by atoms with Crippen LogP contribution < -0.4 is 0 Å². The highest BCUT2D eigenvalue weighted by molar-refractivity contribution is 4.69. The molecule has 0 N–H and O–H groups in total. The lowest BCUT2D eigenvalue weighted by Crippen LogP contribution is -2.48. The van der Waals surface area contributed by atoms with Gasteiger partial charge in [0.05, 0.1) is 12.7 Å². The molecule has 0 radical (unpaired) electrons. The molecule has 0 aliphatic carbocycles. The lowest BCUT2D eigenvalue weighted by atomic mass is 10.3. The Morgan fingerprint density at radius 1 is 1.45 bits per heavy atom. The van der Waals surface area contributed by atoms with Gasteiger partial charge in [0.2, 0.25) is 0 Å². The lowest BCUT2D eigenvalue weighted by molar-refractivity contribution is -0.265. The van der Waals surface area contributed by atoms with Crippen LogP contribution in [0.25, 0.3) is 0 Å². The van der Waals surface area contributed by atoms with Gasteiger partial charge in [-0.05, 0) is 6.92 Å². The zero-order valence-corrected chi connectivity index (χ0v) is 6.19. The van der Waals surface area contributed by atoms with Crippen LogP contribution in [0.4, 0.5) is 13.2 Å². The highest BCUT2D eigenvalue weighted by atomic mass is 19.4. The van der Waals surface area contributed by atoms with E-state index in [-0.39, 0.29) is 25.8 Å². The molecule has 1 atom stereocenters. The predicted octanol–water partition coefficient (Wildman–Crippen LogP) is 1.23. The van der Waals surface area contributed by atoms with E-state index in [1.54, 1.807) is 6.92 Å². The largest absolute Gasteiger partial charge is 0.460 e. The van der Waals surface area contributed by atoms with Crippen molar-refractivity contribution in [2.45, 2.75) is 19.3 Å². The van der Waals surface area contributed by atoms with Gasteiger partial charge in [-0.3, -0.25) is 0 Å². The van der Waals surface area contributed by atoms with E-state index in [1.807, 2.05) is 0 Å². The van der Waals surface area contributed by atoms with Crippen LogP contribution in [-0.4, -0.2) is 37.0 Å². The van der Waals surface area contributed by atoms with Crippen LogP contribution in [-0.2, 0) is 4.74 Å². The topological polar surface area (TPSA) is 12.5 Å². The summed E-state index contributed by atoms with van der Waals surface area (Å²) in [4.78, 5) is 0.473. The lowest BCUT2D eigenvalue weighted by Gasteiger charge is -2.32. The first-order chi connectivity index (χ1) is 5.00. The van der Waals surface area contributed by atoms with Crippen LogP contribution in [0, 0.1) is 0 Å². The molecule has 11 heavy (non-hydrogen) atoms. The number of rotatable bonds is 0. The third-order valence-electron chi connectivity index (χ3n) is 1.60. The molecule has 0 aromatic carbocycles. The summed E-state index contributed by atoms with van der Waals surface area (Å²) in [6, 6.07) is 0. The molecule has 1 aliphatic rings. The van der Waals surface area contributed by atoms with Crippen molar-refractivity contribution in [3.63, 3.8) is 0 Å². The highest BCUT2D eigenvalue weighted by Gasteiger charge is 2.39. The van der Waals surface area contributed by atoms with E-state index in [2.05, 4.69) is 0 Å². The van der Waals surface area contributed by atoms with E-state index in [1.165, 1.54) is 0 Å². The van der Waals surface area contributed by atoms with Gasteiger partial charge in [-0.1, -0.05) is 0 Å². The Morgan fingerprint density at radius 2 is 2.09 bits per heavy atom. The van der Waals surface area contributed by atoms with Crippen molar-refractivity contribution in [1.82, 2.24) is 4.90 Å². The Labute approximate surface area is 62.9 Å². The van der Waals surface area contributed by atoms with Gasteiger partial charge in [0, 0.05) is 13.1 Å². The predicted molar refractivity (Wildman–Crippen MR) is 33.0 cm³/mol. The first-order valence-electron chi connectivity index (χ1n) is 3.43. The van der Waals surface area contributed by atoms with Crippen molar-refractivity contribution < 1.29 is 17.9 Å². The number of morpholine rings is 1. The summed E-state index contributed by atoms with van der Waals surface area (Å²) in [5.74, 6) is 0. The van der Waals surface area contributed by atoms with Gasteiger partial charge < -0.3 is 4.74 Å². The number of halogens is 3. The maximum Gasteiger partial charge on any atom is 0.460 e. The average molecular weight is 169 g/mol. The van der Waals surface area contributed by atoms with Crippen molar-refractivity contribution in [3.05, 3.63) is 0 Å². The van der Waals surface area contributed by atoms with Crippen LogP contribution in [0.3, 0.4) is 0 Å². The van der Waals surface area contributed by atoms with Gasteiger partial charge in [0.1, 0.15) is 0 Å². The molecule has 0 bridgehead atoms. The normalized spacial score (nSPS) is 28.9. The second kappa shape index (κ2) is 2.98. The van der Waals surface area contributed by atoms with Crippen LogP contribution in [0.15, 0.2) is 0 Å². The third kappa shape index (κ3) is 2.34. The molecule has 0 aromatic rings. The van der Waals surface area contributed by atoms with Crippen LogP contribution in [0.5, 0.6) is 0 Å². The van der Waals surface area contributed by atoms with Gasteiger partial charge in [-0.15, -0.1) is 0 Å². The highest BCUT2D eigenvalue weighted by Crippen LogP contribution is 2.23. The molecule has 0 saturated carbocycles. The number of hydrogen-bond acceptors (Lipinski definition) is 2. The minimum absolute atomic E-state index is 0.0478.